The van der Waals surface area contributed by atoms with Crippen LogP contribution >= 0.6 is 0 Å². The number of hydrogen-bond donors (Lipinski definition) is 1. The van der Waals surface area contributed by atoms with Crippen molar-refractivity contribution in [2.45, 2.75) is 32.2 Å². The molecule has 1 fully saturated rings. The zero-order valence-electron chi connectivity index (χ0n) is 12.5. The number of carbonyl (C=O) groups is 2. The van der Waals surface area contributed by atoms with Crippen LogP contribution < -0.4 is 9.47 Å². The van der Waals surface area contributed by atoms with Gasteiger partial charge in [-0.15, -0.1) is 0 Å². The summed E-state index contributed by atoms with van der Waals surface area (Å²) in [7, 11) is 1.70. The van der Waals surface area contributed by atoms with Crippen molar-refractivity contribution in [1.82, 2.24) is 4.90 Å². The van der Waals surface area contributed by atoms with Gasteiger partial charge in [-0.2, -0.15) is 0 Å². The van der Waals surface area contributed by atoms with E-state index in [1.807, 2.05) is 18.2 Å². The quantitative estimate of drug-likeness (QED) is 0.900. The molecule has 1 saturated carbocycles. The summed E-state index contributed by atoms with van der Waals surface area (Å²) in [6, 6.07) is 5.55. The van der Waals surface area contributed by atoms with Gasteiger partial charge in [0.2, 0.25) is 12.7 Å². The number of ether oxygens (including phenoxy) is 2. The maximum absolute atomic E-state index is 12.3. The van der Waals surface area contributed by atoms with E-state index in [4.69, 9.17) is 9.47 Å². The van der Waals surface area contributed by atoms with Gasteiger partial charge in [0.1, 0.15) is 0 Å². The van der Waals surface area contributed by atoms with Gasteiger partial charge < -0.3 is 19.5 Å². The predicted molar refractivity (Wildman–Crippen MR) is 77.6 cm³/mol. The van der Waals surface area contributed by atoms with E-state index in [1.54, 1.807) is 11.9 Å². The third-order valence-corrected chi connectivity index (χ3v) is 4.54. The predicted octanol–water partition coefficient (Wildman–Crippen LogP) is 2.02. The van der Waals surface area contributed by atoms with Gasteiger partial charge in [-0.05, 0) is 30.5 Å². The first kappa shape index (κ1) is 14.7. The molecular formula is C16H19NO5. The zero-order chi connectivity index (χ0) is 15.7. The first-order valence-electron chi connectivity index (χ1n) is 7.36. The topological polar surface area (TPSA) is 76.1 Å². The Morgan fingerprint density at radius 1 is 1.27 bits per heavy atom. The molecule has 0 unspecified atom stereocenters. The van der Waals surface area contributed by atoms with Crippen LogP contribution in [-0.2, 0) is 16.1 Å². The summed E-state index contributed by atoms with van der Waals surface area (Å²) in [6.07, 6.45) is 2.13. The monoisotopic (exact) mass is 305 g/mol. The number of benzene rings is 1. The SMILES string of the molecule is CN(Cc1ccc2c(c1)OCO2)C(=O)CC1(C(=O)O)CCC1. The standard InChI is InChI=1S/C16H19NO5/c1-17(14(18)8-16(15(19)20)5-2-6-16)9-11-3-4-12-13(7-11)22-10-21-12/h3-4,7H,2,5-6,8-10H2,1H3,(H,19,20). The minimum atomic E-state index is -0.858. The fourth-order valence-corrected chi connectivity index (χ4v) is 2.90. The molecular weight excluding hydrogens is 286 g/mol. The molecule has 0 bridgehead atoms. The Balaban J connectivity index is 1.63. The molecule has 6 heteroatoms. The highest BCUT2D eigenvalue weighted by atomic mass is 16.7. The molecule has 1 N–H and O–H groups in total. The average Bonchev–Trinajstić information content (AvgIpc) is 2.89. The number of aliphatic carboxylic acids is 1. The molecule has 0 spiro atoms. The van der Waals surface area contributed by atoms with E-state index in [2.05, 4.69) is 0 Å². The van der Waals surface area contributed by atoms with Crippen molar-refractivity contribution in [3.8, 4) is 11.5 Å². The Kier molecular flexibility index (Phi) is 3.68. The summed E-state index contributed by atoms with van der Waals surface area (Å²) in [5.41, 5.74) is 0.0818. The number of carbonyl (C=O) groups excluding carboxylic acids is 1. The zero-order valence-corrected chi connectivity index (χ0v) is 12.5. The fourth-order valence-electron chi connectivity index (χ4n) is 2.90. The number of fused-ring (bicyclic) bond motifs is 1. The molecule has 1 heterocycles. The summed E-state index contributed by atoms with van der Waals surface area (Å²) in [6.45, 7) is 0.639. The van der Waals surface area contributed by atoms with Crippen LogP contribution in [0.2, 0.25) is 0 Å². The lowest BCUT2D eigenvalue weighted by Gasteiger charge is -2.38. The highest BCUT2D eigenvalue weighted by Crippen LogP contribution is 2.44. The van der Waals surface area contributed by atoms with E-state index in [1.165, 1.54) is 0 Å². The Morgan fingerprint density at radius 2 is 2.00 bits per heavy atom. The molecule has 1 aromatic carbocycles. The molecule has 6 nitrogen and oxygen atoms in total. The molecule has 2 aliphatic rings. The Hall–Kier alpha value is -2.24. The lowest BCUT2D eigenvalue weighted by Crippen LogP contribution is -2.42. The molecule has 0 saturated heterocycles. The Morgan fingerprint density at radius 3 is 2.64 bits per heavy atom. The highest BCUT2D eigenvalue weighted by Gasteiger charge is 2.46. The molecule has 1 aliphatic carbocycles. The van der Waals surface area contributed by atoms with Crippen LogP contribution in [0.3, 0.4) is 0 Å². The molecule has 3 rings (SSSR count). The fraction of sp³-hybridized carbons (Fsp3) is 0.500. The number of hydrogen-bond acceptors (Lipinski definition) is 4. The van der Waals surface area contributed by atoms with Gasteiger partial charge in [-0.1, -0.05) is 12.5 Å². The van der Waals surface area contributed by atoms with Crippen molar-refractivity contribution in [2.75, 3.05) is 13.8 Å². The summed E-state index contributed by atoms with van der Waals surface area (Å²) in [5.74, 6) is 0.389. The Labute approximate surface area is 128 Å². The smallest absolute Gasteiger partial charge is 0.310 e. The summed E-state index contributed by atoms with van der Waals surface area (Å²) in [4.78, 5) is 25.2. The van der Waals surface area contributed by atoms with E-state index in [0.29, 0.717) is 30.9 Å². The molecule has 118 valence electrons. The lowest BCUT2D eigenvalue weighted by molar-refractivity contribution is -0.159. The van der Waals surface area contributed by atoms with Crippen LogP contribution in [0.1, 0.15) is 31.2 Å². The van der Waals surface area contributed by atoms with Gasteiger partial charge in [0.25, 0.3) is 0 Å². The van der Waals surface area contributed by atoms with Gasteiger partial charge in [-0.3, -0.25) is 9.59 Å². The van der Waals surface area contributed by atoms with Gasteiger partial charge in [0.15, 0.2) is 11.5 Å². The summed E-state index contributed by atoms with van der Waals surface area (Å²) >= 11 is 0. The average molecular weight is 305 g/mol. The van der Waals surface area contributed by atoms with Gasteiger partial charge in [0.05, 0.1) is 5.41 Å². The van der Waals surface area contributed by atoms with Crippen LogP contribution in [0.25, 0.3) is 0 Å². The van der Waals surface area contributed by atoms with E-state index in [-0.39, 0.29) is 19.1 Å². The second kappa shape index (κ2) is 5.51. The minimum absolute atomic E-state index is 0.0728. The molecule has 22 heavy (non-hydrogen) atoms. The van der Waals surface area contributed by atoms with E-state index < -0.39 is 11.4 Å². The van der Waals surface area contributed by atoms with Crippen LogP contribution in [0, 0.1) is 5.41 Å². The van der Waals surface area contributed by atoms with E-state index >= 15 is 0 Å². The number of amides is 1. The first-order valence-corrected chi connectivity index (χ1v) is 7.36. The van der Waals surface area contributed by atoms with Crippen molar-refractivity contribution in [2.24, 2.45) is 5.41 Å². The molecule has 0 aromatic heterocycles. The second-order valence-electron chi connectivity index (χ2n) is 6.05. The third-order valence-electron chi connectivity index (χ3n) is 4.54. The van der Waals surface area contributed by atoms with Crippen LogP contribution in [0.5, 0.6) is 11.5 Å². The van der Waals surface area contributed by atoms with Crippen LogP contribution in [-0.4, -0.2) is 35.7 Å². The Bertz CT molecular complexity index is 609. The lowest BCUT2D eigenvalue weighted by atomic mass is 9.66. The van der Waals surface area contributed by atoms with Crippen molar-refractivity contribution in [3.63, 3.8) is 0 Å². The van der Waals surface area contributed by atoms with Gasteiger partial charge in [0, 0.05) is 20.0 Å². The highest BCUT2D eigenvalue weighted by molar-refractivity contribution is 5.85. The third kappa shape index (κ3) is 2.61. The summed E-state index contributed by atoms with van der Waals surface area (Å²) < 4.78 is 10.6. The maximum Gasteiger partial charge on any atom is 0.310 e. The van der Waals surface area contributed by atoms with Crippen LogP contribution in [0.4, 0.5) is 0 Å². The number of rotatable bonds is 5. The van der Waals surface area contributed by atoms with Crippen molar-refractivity contribution < 1.29 is 24.2 Å². The number of carboxylic acid groups (broad SMARTS) is 1. The summed E-state index contributed by atoms with van der Waals surface area (Å²) in [5, 5.41) is 9.31. The number of nitrogens with zero attached hydrogens (tertiary/aromatic N) is 1. The maximum atomic E-state index is 12.3. The van der Waals surface area contributed by atoms with Crippen molar-refractivity contribution in [1.29, 1.82) is 0 Å². The molecule has 0 radical (unpaired) electrons. The molecule has 1 amide bonds. The molecule has 1 aliphatic heterocycles. The van der Waals surface area contributed by atoms with Crippen molar-refractivity contribution in [3.05, 3.63) is 23.8 Å². The first-order chi connectivity index (χ1) is 10.5. The number of carboxylic acids is 1. The normalized spacial score (nSPS) is 17.7. The van der Waals surface area contributed by atoms with Gasteiger partial charge >= 0.3 is 5.97 Å². The van der Waals surface area contributed by atoms with Crippen LogP contribution in [0.15, 0.2) is 18.2 Å². The van der Waals surface area contributed by atoms with E-state index in [9.17, 15) is 14.7 Å². The second-order valence-corrected chi connectivity index (χ2v) is 6.05. The van der Waals surface area contributed by atoms with Gasteiger partial charge in [-0.25, -0.2) is 0 Å². The van der Waals surface area contributed by atoms with E-state index in [0.717, 1.165) is 12.0 Å². The van der Waals surface area contributed by atoms with Crippen molar-refractivity contribution >= 4 is 11.9 Å². The minimum Gasteiger partial charge on any atom is -0.481 e. The largest absolute Gasteiger partial charge is 0.481 e. The molecule has 0 atom stereocenters. The molecule has 1 aromatic rings.